The molecule has 6 aromatic rings. The van der Waals surface area contributed by atoms with E-state index in [1.54, 1.807) is 11.0 Å². The van der Waals surface area contributed by atoms with Crippen LogP contribution in [0.2, 0.25) is 0 Å². The van der Waals surface area contributed by atoms with Crippen LogP contribution in [0.3, 0.4) is 0 Å². The van der Waals surface area contributed by atoms with Crippen molar-refractivity contribution in [1.82, 2.24) is 20.2 Å². The number of rotatable bonds is 14. The first-order valence-electron chi connectivity index (χ1n) is 21.0. The summed E-state index contributed by atoms with van der Waals surface area (Å²) in [6.07, 6.45) is 3.79. The van der Waals surface area contributed by atoms with Gasteiger partial charge in [0.2, 0.25) is 11.6 Å². The number of hydrogen-bond acceptors (Lipinski definition) is 15. The second kappa shape index (κ2) is 23.2. The molecule has 0 aliphatic carbocycles. The van der Waals surface area contributed by atoms with Crippen LogP contribution < -0.4 is 36.9 Å². The van der Waals surface area contributed by atoms with Crippen LogP contribution in [-0.2, 0) is 4.74 Å². The van der Waals surface area contributed by atoms with Gasteiger partial charge in [-0.3, -0.25) is 9.59 Å². The van der Waals surface area contributed by atoms with E-state index < -0.39 is 17.2 Å². The van der Waals surface area contributed by atoms with Crippen LogP contribution >= 0.6 is 22.7 Å². The zero-order valence-electron chi connectivity index (χ0n) is 36.1. The monoisotopic (exact) mass is 956 g/mol. The number of ether oxygens (including phenoxy) is 3. The molecule has 0 saturated carbocycles. The number of hydrogen-bond donors (Lipinski definition) is 5. The molecule has 0 radical (unpaired) electrons. The highest BCUT2D eigenvalue weighted by Gasteiger charge is 2.32. The van der Waals surface area contributed by atoms with Gasteiger partial charge in [0.1, 0.15) is 63.3 Å². The molecule has 2 fully saturated rings. The number of amides is 1. The minimum absolute atomic E-state index is 0. The van der Waals surface area contributed by atoms with Crippen molar-refractivity contribution in [1.29, 1.82) is 0 Å². The number of ketones is 2. The van der Waals surface area contributed by atoms with Crippen LogP contribution in [0.1, 0.15) is 91.8 Å². The smallest absolute Gasteiger partial charge is 0.410 e. The molecular weight excluding hydrogens is 899 g/mol. The van der Waals surface area contributed by atoms with Gasteiger partial charge in [-0.2, -0.15) is 0 Å². The quantitative estimate of drug-likeness (QED) is 0.0648. The summed E-state index contributed by atoms with van der Waals surface area (Å²) >= 11 is 2.24. The number of nitrogen functional groups attached to an aromatic ring is 2. The minimum atomic E-state index is -0.538. The van der Waals surface area contributed by atoms with E-state index >= 15 is 0 Å². The third-order valence-corrected chi connectivity index (χ3v) is 12.1. The molecule has 2 aliphatic rings. The third kappa shape index (κ3) is 14.2. The maximum atomic E-state index is 13.5. The molecular formula is C49H58F2N8O6S2. The fourth-order valence-corrected chi connectivity index (χ4v) is 8.73. The Morgan fingerprint density at radius 2 is 1.22 bits per heavy atom. The first-order chi connectivity index (χ1) is 31.2. The van der Waals surface area contributed by atoms with Crippen molar-refractivity contribution >= 4 is 73.6 Å². The van der Waals surface area contributed by atoms with E-state index in [1.807, 2.05) is 69.3 Å². The summed E-state index contributed by atoms with van der Waals surface area (Å²) in [4.78, 5) is 48.4. The van der Waals surface area contributed by atoms with Gasteiger partial charge < -0.3 is 46.5 Å². The van der Waals surface area contributed by atoms with Gasteiger partial charge in [-0.05, 0) is 126 Å². The molecule has 4 heterocycles. The summed E-state index contributed by atoms with van der Waals surface area (Å²) in [5, 5.41) is 10.6. The second-order valence-electron chi connectivity index (χ2n) is 16.3. The van der Waals surface area contributed by atoms with Gasteiger partial charge in [0, 0.05) is 35.1 Å². The van der Waals surface area contributed by atoms with Crippen LogP contribution in [0, 0.1) is 11.6 Å². The Labute approximate surface area is 398 Å². The maximum Gasteiger partial charge on any atom is 0.410 e. The first kappa shape index (κ1) is 51.4. The minimum Gasteiger partial charge on any atom is -0.492 e. The van der Waals surface area contributed by atoms with E-state index in [0.717, 1.165) is 65.6 Å². The van der Waals surface area contributed by atoms with E-state index in [1.165, 1.54) is 48.9 Å². The molecule has 1 amide bonds. The van der Waals surface area contributed by atoms with Crippen molar-refractivity contribution in [3.63, 3.8) is 0 Å². The Bertz CT molecular complexity index is 2600. The van der Waals surface area contributed by atoms with Crippen molar-refractivity contribution < 1.29 is 37.4 Å². The van der Waals surface area contributed by atoms with Gasteiger partial charge in [0.25, 0.3) is 0 Å². The topological polar surface area (TPSA) is 196 Å². The lowest BCUT2D eigenvalue weighted by Gasteiger charge is -2.28. The van der Waals surface area contributed by atoms with Gasteiger partial charge in [-0.15, -0.1) is 0 Å². The number of carbonyl (C=O) groups is 3. The van der Waals surface area contributed by atoms with Crippen molar-refractivity contribution in [3.05, 3.63) is 130 Å². The fraction of sp³-hybridized carbons (Fsp3) is 0.327. The highest BCUT2D eigenvalue weighted by Crippen LogP contribution is 2.32. The lowest BCUT2D eigenvalue weighted by molar-refractivity contribution is 0.0187. The summed E-state index contributed by atoms with van der Waals surface area (Å²) in [5.74, 6) is -0.0236. The van der Waals surface area contributed by atoms with Crippen LogP contribution in [0.15, 0.2) is 97.1 Å². The average molecular weight is 957 g/mol. The lowest BCUT2D eigenvalue weighted by Crippen LogP contribution is -2.42. The lowest BCUT2D eigenvalue weighted by atomic mass is 10.1. The van der Waals surface area contributed by atoms with Gasteiger partial charge >= 0.3 is 6.09 Å². The van der Waals surface area contributed by atoms with Gasteiger partial charge in [-0.1, -0.05) is 61.8 Å². The fourth-order valence-electron chi connectivity index (χ4n) is 6.99. The predicted octanol–water partition coefficient (Wildman–Crippen LogP) is 10.9. The Balaban J connectivity index is 0.000000249. The molecule has 4 aromatic carbocycles. The van der Waals surface area contributed by atoms with Crippen molar-refractivity contribution in [2.45, 2.75) is 79.0 Å². The van der Waals surface area contributed by atoms with Crippen LogP contribution in [-0.4, -0.2) is 76.5 Å². The van der Waals surface area contributed by atoms with E-state index in [9.17, 15) is 23.2 Å². The molecule has 356 valence electrons. The summed E-state index contributed by atoms with van der Waals surface area (Å²) in [5.41, 5.74) is 13.3. The molecule has 0 unspecified atom stereocenters. The standard InChI is InChI=1S/C26H29FN4O4S.C21H21FN4O2S.2CH4/c1-26(2,3)35-25(33)31-13-5-8-19(31)15-34-20-11-9-18(10-12-20)29-24-30-23(28)22(36-24)21(32)16-6-4-7-17(27)14-16;22-14-4-1-3-13(11-14)18(27)19-20(23)26-21(29-19)25-15-6-8-17(9-7-15)28-12-16-5-2-10-24-16;;/h4,6-7,9-12,14,19H,5,8,13,15,28H2,1-3H3,(H,29,30);1,3-4,6-9,11,16,24H,2,5,10,12,23H2,(H,25,26);2*1H4/t19-;16-;;/m00../s1. The number of likely N-dealkylation sites (tertiary alicyclic amines) is 1. The molecule has 0 spiro atoms. The maximum absolute atomic E-state index is 13.5. The predicted molar refractivity (Wildman–Crippen MR) is 264 cm³/mol. The molecule has 2 atom stereocenters. The molecule has 7 N–H and O–H groups in total. The Hall–Kier alpha value is -6.63. The van der Waals surface area contributed by atoms with Crippen molar-refractivity contribution in [3.8, 4) is 11.5 Å². The largest absolute Gasteiger partial charge is 0.492 e. The van der Waals surface area contributed by atoms with Gasteiger partial charge in [-0.25, -0.2) is 23.5 Å². The molecule has 18 heteroatoms. The number of nitrogens with two attached hydrogens (primary N) is 2. The van der Waals surface area contributed by atoms with Crippen LogP contribution in [0.5, 0.6) is 11.5 Å². The molecule has 0 bridgehead atoms. The SMILES string of the molecule is C.C.CC(C)(C)OC(=O)N1CCC[C@H]1COc1ccc(Nc2nc(N)c(C(=O)c3cccc(F)c3)s2)cc1.Nc1nc(Nc2ccc(OC[C@@H]3CCCN3)cc2)sc1C(=O)c1cccc(F)c1. The zero-order chi connectivity index (χ0) is 46.1. The number of nitrogens with one attached hydrogen (secondary N) is 3. The van der Waals surface area contributed by atoms with Crippen LogP contribution in [0.25, 0.3) is 0 Å². The van der Waals surface area contributed by atoms with E-state index in [4.69, 9.17) is 25.7 Å². The Morgan fingerprint density at radius 3 is 1.67 bits per heavy atom. The summed E-state index contributed by atoms with van der Waals surface area (Å²) in [7, 11) is 0. The highest BCUT2D eigenvalue weighted by molar-refractivity contribution is 7.18. The number of benzene rings is 4. The Morgan fingerprint density at radius 1 is 0.731 bits per heavy atom. The highest BCUT2D eigenvalue weighted by atomic mass is 32.1. The molecule has 2 aromatic heterocycles. The number of anilines is 6. The summed E-state index contributed by atoms with van der Waals surface area (Å²) in [6.45, 7) is 8.30. The van der Waals surface area contributed by atoms with Crippen molar-refractivity contribution in [2.24, 2.45) is 0 Å². The molecule has 2 aliphatic heterocycles. The normalized spacial score (nSPS) is 15.3. The molecule has 8 rings (SSSR count). The van der Waals surface area contributed by atoms with E-state index in [-0.39, 0.29) is 71.1 Å². The van der Waals surface area contributed by atoms with Crippen molar-refractivity contribution in [2.75, 3.05) is 48.4 Å². The molecule has 14 nitrogen and oxygen atoms in total. The number of thiazole rings is 2. The number of nitrogens with zero attached hydrogens (tertiary/aromatic N) is 3. The van der Waals surface area contributed by atoms with Crippen LogP contribution in [0.4, 0.5) is 46.8 Å². The molecule has 2 saturated heterocycles. The summed E-state index contributed by atoms with van der Waals surface area (Å²) in [6, 6.07) is 26.1. The number of carbonyl (C=O) groups excluding carboxylic acids is 3. The third-order valence-electron chi connectivity index (χ3n) is 10.2. The van der Waals surface area contributed by atoms with Gasteiger partial charge in [0.15, 0.2) is 10.3 Å². The van der Waals surface area contributed by atoms with E-state index in [0.29, 0.717) is 41.8 Å². The second-order valence-corrected chi connectivity index (χ2v) is 18.3. The average Bonchev–Trinajstić information content (AvgIpc) is 4.11. The van der Waals surface area contributed by atoms with Gasteiger partial charge in [0.05, 0.1) is 6.04 Å². The van der Waals surface area contributed by atoms with E-state index in [2.05, 4.69) is 25.9 Å². The zero-order valence-corrected chi connectivity index (χ0v) is 37.7. The Kier molecular flexibility index (Phi) is 17.8. The molecule has 67 heavy (non-hydrogen) atoms. The number of halogens is 2. The first-order valence-corrected chi connectivity index (χ1v) is 22.7. The number of aromatic nitrogens is 2. The summed E-state index contributed by atoms with van der Waals surface area (Å²) < 4.78 is 44.1.